The van der Waals surface area contributed by atoms with Crippen LogP contribution < -0.4 is 9.64 Å². The topological polar surface area (TPSA) is 56.8 Å². The molecule has 4 heterocycles. The van der Waals surface area contributed by atoms with Crippen LogP contribution in [-0.2, 0) is 13.0 Å². The van der Waals surface area contributed by atoms with Crippen LogP contribution in [0, 0.1) is 6.92 Å². The molecule has 1 aliphatic heterocycles. The van der Waals surface area contributed by atoms with E-state index in [2.05, 4.69) is 7.05 Å². The van der Waals surface area contributed by atoms with E-state index in [1.165, 1.54) is 15.8 Å². The van der Waals surface area contributed by atoms with Crippen molar-refractivity contribution in [3.63, 3.8) is 0 Å². The summed E-state index contributed by atoms with van der Waals surface area (Å²) in [6.45, 7) is 8.27. The van der Waals surface area contributed by atoms with E-state index >= 15 is 0 Å². The van der Waals surface area contributed by atoms with Gasteiger partial charge in [-0.15, -0.1) is 16.4 Å². The standard InChI is InChI=1S/C21H23N5OS/c1-12(2)27-15-7-5-14(6-8-15)19-23-20-18-16-9-10-25(4)11-17(16)28-21(18)22-13(3)26(20)24-19/h5-8,12H,9-11H2,1-4H3/p+1. The monoisotopic (exact) mass is 394 g/mol. The van der Waals surface area contributed by atoms with Crippen LogP contribution in [0.4, 0.5) is 0 Å². The second-order valence-corrected chi connectivity index (χ2v) is 8.92. The van der Waals surface area contributed by atoms with Crippen LogP contribution >= 0.6 is 11.3 Å². The molecule has 4 aromatic rings. The van der Waals surface area contributed by atoms with E-state index in [4.69, 9.17) is 19.8 Å². The molecule has 0 amide bonds. The van der Waals surface area contributed by atoms with Crippen molar-refractivity contribution in [3.8, 4) is 17.1 Å². The molecule has 0 spiro atoms. The molecule has 1 unspecified atom stereocenters. The van der Waals surface area contributed by atoms with Crippen molar-refractivity contribution in [1.29, 1.82) is 0 Å². The van der Waals surface area contributed by atoms with Crippen molar-refractivity contribution in [3.05, 3.63) is 40.5 Å². The number of rotatable bonds is 3. The molecule has 0 saturated carbocycles. The van der Waals surface area contributed by atoms with Gasteiger partial charge in [0.1, 0.15) is 22.9 Å². The number of nitrogens with one attached hydrogen (secondary N) is 1. The lowest BCUT2D eigenvalue weighted by atomic mass is 10.1. The first-order valence-corrected chi connectivity index (χ1v) is 10.6. The number of thiophene rings is 1. The predicted octanol–water partition coefficient (Wildman–Crippen LogP) is 2.67. The number of likely N-dealkylation sites (N-methyl/N-ethyl adjacent to an activating group) is 1. The van der Waals surface area contributed by atoms with Gasteiger partial charge >= 0.3 is 0 Å². The molecular formula is C21H24N5OS+. The van der Waals surface area contributed by atoms with E-state index < -0.39 is 0 Å². The lowest BCUT2D eigenvalue weighted by Gasteiger charge is -2.19. The molecule has 1 aliphatic rings. The Balaban J connectivity index is 1.64. The SMILES string of the molecule is Cc1nc2sc3c(c2c2nc(-c4ccc(OC(C)C)cc4)nn12)CC[NH+](C)C3. The van der Waals surface area contributed by atoms with Crippen molar-refractivity contribution in [2.24, 2.45) is 0 Å². The average molecular weight is 395 g/mol. The van der Waals surface area contributed by atoms with E-state index in [0.29, 0.717) is 0 Å². The largest absolute Gasteiger partial charge is 0.491 e. The number of aryl methyl sites for hydroxylation is 1. The molecule has 7 heteroatoms. The van der Waals surface area contributed by atoms with Crippen LogP contribution in [0.1, 0.15) is 30.1 Å². The summed E-state index contributed by atoms with van der Waals surface area (Å²) in [5, 5.41) is 5.96. The molecule has 1 atom stereocenters. The van der Waals surface area contributed by atoms with Gasteiger partial charge in [-0.1, -0.05) is 0 Å². The highest BCUT2D eigenvalue weighted by molar-refractivity contribution is 7.19. The molecule has 0 saturated heterocycles. The Morgan fingerprint density at radius 1 is 1.18 bits per heavy atom. The summed E-state index contributed by atoms with van der Waals surface area (Å²) in [7, 11) is 2.25. The van der Waals surface area contributed by atoms with Crippen LogP contribution in [0.15, 0.2) is 24.3 Å². The summed E-state index contributed by atoms with van der Waals surface area (Å²) >= 11 is 1.82. The van der Waals surface area contributed by atoms with E-state index in [1.54, 1.807) is 4.90 Å². The highest BCUT2D eigenvalue weighted by atomic mass is 32.1. The molecule has 6 nitrogen and oxygen atoms in total. The van der Waals surface area contributed by atoms with Crippen LogP contribution in [0.2, 0.25) is 0 Å². The smallest absolute Gasteiger partial charge is 0.182 e. The molecule has 1 N–H and O–H groups in total. The third-order valence-electron chi connectivity index (χ3n) is 5.22. The first-order valence-electron chi connectivity index (χ1n) is 9.75. The van der Waals surface area contributed by atoms with Gasteiger partial charge in [-0.3, -0.25) is 0 Å². The minimum absolute atomic E-state index is 0.159. The maximum absolute atomic E-state index is 5.74. The van der Waals surface area contributed by atoms with Crippen LogP contribution in [-0.4, -0.2) is 39.3 Å². The van der Waals surface area contributed by atoms with Gasteiger partial charge in [0.05, 0.1) is 30.0 Å². The minimum Gasteiger partial charge on any atom is -0.491 e. The zero-order valence-corrected chi connectivity index (χ0v) is 17.4. The van der Waals surface area contributed by atoms with Crippen LogP contribution in [0.5, 0.6) is 5.75 Å². The van der Waals surface area contributed by atoms with E-state index in [0.717, 1.165) is 52.9 Å². The number of hydrogen-bond acceptors (Lipinski definition) is 5. The first-order chi connectivity index (χ1) is 13.5. The zero-order chi connectivity index (χ0) is 19.4. The maximum Gasteiger partial charge on any atom is 0.182 e. The van der Waals surface area contributed by atoms with Gasteiger partial charge in [0.2, 0.25) is 0 Å². The highest BCUT2D eigenvalue weighted by Crippen LogP contribution is 2.34. The normalized spacial score (nSPS) is 16.8. The summed E-state index contributed by atoms with van der Waals surface area (Å²) in [4.78, 5) is 13.9. The number of nitrogens with zero attached hydrogens (tertiary/aromatic N) is 4. The summed E-state index contributed by atoms with van der Waals surface area (Å²) < 4.78 is 7.64. The van der Waals surface area contributed by atoms with E-state index in [1.807, 2.05) is 60.9 Å². The average Bonchev–Trinajstić information content (AvgIpc) is 3.23. The molecule has 5 rings (SSSR count). The zero-order valence-electron chi connectivity index (χ0n) is 16.6. The number of hydrogen-bond donors (Lipinski definition) is 1. The van der Waals surface area contributed by atoms with Crippen molar-refractivity contribution < 1.29 is 9.64 Å². The summed E-state index contributed by atoms with van der Waals surface area (Å²) in [5.41, 5.74) is 3.33. The molecule has 144 valence electrons. The van der Waals surface area contributed by atoms with Gasteiger partial charge in [-0.25, -0.2) is 9.97 Å². The summed E-state index contributed by atoms with van der Waals surface area (Å²) in [6.07, 6.45) is 1.23. The summed E-state index contributed by atoms with van der Waals surface area (Å²) in [6, 6.07) is 8.00. The second kappa shape index (κ2) is 6.53. The number of benzene rings is 1. The Kier molecular flexibility index (Phi) is 4.10. The first kappa shape index (κ1) is 17.6. The fourth-order valence-electron chi connectivity index (χ4n) is 3.89. The van der Waals surface area contributed by atoms with Gasteiger partial charge in [-0.2, -0.15) is 4.52 Å². The number of ether oxygens (including phenoxy) is 1. The van der Waals surface area contributed by atoms with Crippen molar-refractivity contribution in [2.45, 2.75) is 39.8 Å². The minimum atomic E-state index is 0.159. The fraction of sp³-hybridized carbons (Fsp3) is 0.381. The van der Waals surface area contributed by atoms with Gasteiger partial charge in [0, 0.05) is 12.0 Å². The molecule has 3 aromatic heterocycles. The number of quaternary nitrogens is 1. The molecule has 0 bridgehead atoms. The van der Waals surface area contributed by atoms with Gasteiger partial charge in [0.15, 0.2) is 11.5 Å². The lowest BCUT2D eigenvalue weighted by Crippen LogP contribution is -3.08. The Labute approximate surface area is 167 Å². The van der Waals surface area contributed by atoms with Crippen molar-refractivity contribution in [1.82, 2.24) is 19.6 Å². The lowest BCUT2D eigenvalue weighted by molar-refractivity contribution is -0.895. The van der Waals surface area contributed by atoms with Crippen LogP contribution in [0.3, 0.4) is 0 Å². The molecule has 28 heavy (non-hydrogen) atoms. The molecule has 0 fully saturated rings. The third kappa shape index (κ3) is 2.86. The molecular weight excluding hydrogens is 370 g/mol. The summed E-state index contributed by atoms with van der Waals surface area (Å²) in [5.74, 6) is 2.47. The highest BCUT2D eigenvalue weighted by Gasteiger charge is 2.25. The van der Waals surface area contributed by atoms with Gasteiger partial charge < -0.3 is 9.64 Å². The Bertz CT molecular complexity index is 1180. The Morgan fingerprint density at radius 3 is 2.71 bits per heavy atom. The molecule has 1 aromatic carbocycles. The quantitative estimate of drug-likeness (QED) is 0.580. The van der Waals surface area contributed by atoms with Gasteiger partial charge in [-0.05, 0) is 50.6 Å². The predicted molar refractivity (Wildman–Crippen MR) is 111 cm³/mol. The number of aromatic nitrogens is 4. The number of fused-ring (bicyclic) bond motifs is 5. The van der Waals surface area contributed by atoms with E-state index in [-0.39, 0.29) is 6.10 Å². The fourth-order valence-corrected chi connectivity index (χ4v) is 5.26. The van der Waals surface area contributed by atoms with Crippen molar-refractivity contribution in [2.75, 3.05) is 13.6 Å². The van der Waals surface area contributed by atoms with Crippen molar-refractivity contribution >= 4 is 27.2 Å². The van der Waals surface area contributed by atoms with E-state index in [9.17, 15) is 0 Å². The molecule has 0 aliphatic carbocycles. The Hall–Kier alpha value is -2.51. The Morgan fingerprint density at radius 2 is 1.96 bits per heavy atom. The second-order valence-electron chi connectivity index (χ2n) is 7.84. The van der Waals surface area contributed by atoms with Crippen LogP contribution in [0.25, 0.3) is 27.3 Å². The molecule has 0 radical (unpaired) electrons. The maximum atomic E-state index is 5.74. The third-order valence-corrected chi connectivity index (χ3v) is 6.35. The van der Waals surface area contributed by atoms with Gasteiger partial charge in [0.25, 0.3) is 0 Å².